The van der Waals surface area contributed by atoms with Crippen molar-refractivity contribution in [1.82, 2.24) is 14.9 Å². The first kappa shape index (κ1) is 29.9. The average Bonchev–Trinajstić information content (AvgIpc) is 3.15. The molecule has 13 heteroatoms. The van der Waals surface area contributed by atoms with Crippen LogP contribution in [0.15, 0.2) is 41.3 Å². The minimum atomic E-state index is -1.49. The zero-order chi connectivity index (χ0) is 28.5. The van der Waals surface area contributed by atoms with Gasteiger partial charge < -0.3 is 35.1 Å². The molecule has 1 aliphatic rings. The van der Waals surface area contributed by atoms with Gasteiger partial charge in [0.25, 0.3) is 0 Å². The van der Waals surface area contributed by atoms with E-state index < -0.39 is 59.9 Å². The van der Waals surface area contributed by atoms with Gasteiger partial charge in [-0.1, -0.05) is 43.2 Å². The molecule has 0 bridgehead atoms. The zero-order valence-corrected chi connectivity index (χ0v) is 21.7. The number of aromatic nitrogens is 2. The molecule has 1 aromatic carbocycles. The van der Waals surface area contributed by atoms with Gasteiger partial charge in [-0.2, -0.15) is 4.98 Å². The number of hydrogen-bond donors (Lipinski definition) is 4. The molecule has 2 unspecified atom stereocenters. The Morgan fingerprint density at radius 3 is 2.51 bits per heavy atom. The molecule has 2 heterocycles. The summed E-state index contributed by atoms with van der Waals surface area (Å²) in [5, 5.41) is 24.7. The number of carbonyl (C=O) groups excluding carboxylic acids is 3. The van der Waals surface area contributed by atoms with Gasteiger partial charge in [-0.05, 0) is 32.3 Å². The molecule has 1 fully saturated rings. The molecule has 3 rings (SSSR count). The SMILES string of the molecule is CC(=O)CCCCCC(NC(=O)OCc1ccccc1)C(=O)Nc1nc(=O)n([C@@H]2O[C@H](C)C(O)[C@@H]2O)cc1F. The summed E-state index contributed by atoms with van der Waals surface area (Å²) in [6, 6.07) is 7.76. The molecule has 4 N–H and O–H groups in total. The number of halogens is 1. The number of unbranched alkanes of at least 4 members (excludes halogenated alkanes) is 2. The lowest BCUT2D eigenvalue weighted by Crippen LogP contribution is -2.44. The van der Waals surface area contributed by atoms with Gasteiger partial charge in [-0.3, -0.25) is 9.36 Å². The highest BCUT2D eigenvalue weighted by Crippen LogP contribution is 2.28. The number of amides is 2. The summed E-state index contributed by atoms with van der Waals surface area (Å²) in [5.74, 6) is -2.56. The van der Waals surface area contributed by atoms with E-state index in [0.29, 0.717) is 36.4 Å². The number of rotatable bonds is 12. The molecule has 2 amide bonds. The van der Waals surface area contributed by atoms with E-state index in [1.165, 1.54) is 13.8 Å². The summed E-state index contributed by atoms with van der Waals surface area (Å²) in [7, 11) is 0. The van der Waals surface area contributed by atoms with Crippen LogP contribution in [0.5, 0.6) is 0 Å². The Balaban J connectivity index is 1.68. The molecule has 1 aliphatic heterocycles. The number of alkyl carbamates (subject to hydrolysis) is 1. The molecule has 1 aromatic heterocycles. The maximum absolute atomic E-state index is 14.8. The van der Waals surface area contributed by atoms with E-state index in [1.54, 1.807) is 24.3 Å². The lowest BCUT2D eigenvalue weighted by molar-refractivity contribution is -0.118. The molecule has 0 saturated carbocycles. The van der Waals surface area contributed by atoms with Gasteiger partial charge in [0.2, 0.25) is 5.91 Å². The molecule has 1 saturated heterocycles. The first-order chi connectivity index (χ1) is 18.6. The van der Waals surface area contributed by atoms with Crippen LogP contribution >= 0.6 is 0 Å². The highest BCUT2D eigenvalue weighted by molar-refractivity contribution is 5.95. The number of aliphatic hydroxyl groups excluding tert-OH is 2. The zero-order valence-electron chi connectivity index (χ0n) is 21.7. The number of hydrogen-bond acceptors (Lipinski definition) is 9. The molecule has 2 aromatic rings. The number of ether oxygens (including phenoxy) is 2. The van der Waals surface area contributed by atoms with Crippen LogP contribution in [0.3, 0.4) is 0 Å². The minimum absolute atomic E-state index is 0.0313. The third-order valence-electron chi connectivity index (χ3n) is 6.24. The van der Waals surface area contributed by atoms with Gasteiger partial charge in [0.1, 0.15) is 30.6 Å². The maximum Gasteiger partial charge on any atom is 0.408 e. The maximum atomic E-state index is 14.8. The van der Waals surface area contributed by atoms with Crippen molar-refractivity contribution in [3.05, 3.63) is 58.4 Å². The van der Waals surface area contributed by atoms with E-state index >= 15 is 0 Å². The van der Waals surface area contributed by atoms with Crippen molar-refractivity contribution in [2.24, 2.45) is 0 Å². The fourth-order valence-corrected chi connectivity index (χ4v) is 4.05. The minimum Gasteiger partial charge on any atom is -0.445 e. The van der Waals surface area contributed by atoms with Gasteiger partial charge in [0.15, 0.2) is 17.9 Å². The second kappa shape index (κ2) is 13.9. The molecule has 12 nitrogen and oxygen atoms in total. The second-order valence-electron chi connectivity index (χ2n) is 9.39. The fourth-order valence-electron chi connectivity index (χ4n) is 4.05. The lowest BCUT2D eigenvalue weighted by Gasteiger charge is -2.20. The largest absolute Gasteiger partial charge is 0.445 e. The number of carbonyl (C=O) groups is 3. The fraction of sp³-hybridized carbons (Fsp3) is 0.500. The topological polar surface area (TPSA) is 169 Å². The Bertz CT molecular complexity index is 1210. The number of anilines is 1. The summed E-state index contributed by atoms with van der Waals surface area (Å²) >= 11 is 0. The molecule has 212 valence electrons. The van der Waals surface area contributed by atoms with Crippen molar-refractivity contribution in [3.8, 4) is 0 Å². The Morgan fingerprint density at radius 2 is 1.87 bits per heavy atom. The summed E-state index contributed by atoms with van der Waals surface area (Å²) in [5.41, 5.74) is -0.295. The number of benzene rings is 1. The number of Topliss-reactive ketones (excluding diaryl/α,β-unsaturated/α-hetero) is 1. The molecule has 0 spiro atoms. The van der Waals surface area contributed by atoms with E-state index in [1.807, 2.05) is 6.07 Å². The number of ketones is 1. The van der Waals surface area contributed by atoms with Crippen LogP contribution in [-0.4, -0.2) is 61.9 Å². The van der Waals surface area contributed by atoms with Crippen molar-refractivity contribution < 1.29 is 38.5 Å². The second-order valence-corrected chi connectivity index (χ2v) is 9.39. The standard InChI is InChI=1S/C26H33FN4O8/c1-15(32)9-5-3-8-12-19(28-26(37)38-14-17-10-6-4-7-11-17)23(35)29-22-18(27)13-31(25(36)30-22)24-21(34)20(33)16(2)39-24/h4,6-7,10-11,13,16,19-21,24,33-34H,3,5,8-9,12,14H2,1-2H3,(H,28,37)(H,29,30,35,36)/t16-,19?,20?,21+,24-/m1/s1. The lowest BCUT2D eigenvalue weighted by atomic mass is 10.1. The van der Waals surface area contributed by atoms with Gasteiger partial charge in [-0.15, -0.1) is 0 Å². The first-order valence-corrected chi connectivity index (χ1v) is 12.6. The normalized spacial score (nSPS) is 21.3. The molecular weight excluding hydrogens is 515 g/mol. The summed E-state index contributed by atoms with van der Waals surface area (Å²) in [4.78, 5) is 52.6. The van der Waals surface area contributed by atoms with Crippen molar-refractivity contribution in [3.63, 3.8) is 0 Å². The van der Waals surface area contributed by atoms with Crippen LogP contribution in [-0.2, 0) is 25.7 Å². The van der Waals surface area contributed by atoms with Crippen LogP contribution in [0.2, 0.25) is 0 Å². The summed E-state index contributed by atoms with van der Waals surface area (Å²) in [6.45, 7) is 2.93. The van der Waals surface area contributed by atoms with Gasteiger partial charge in [0, 0.05) is 6.42 Å². The van der Waals surface area contributed by atoms with Crippen molar-refractivity contribution >= 4 is 23.6 Å². The average molecular weight is 549 g/mol. The van der Waals surface area contributed by atoms with Crippen LogP contribution < -0.4 is 16.3 Å². The Morgan fingerprint density at radius 1 is 1.15 bits per heavy atom. The molecule has 0 aliphatic carbocycles. The van der Waals surface area contributed by atoms with Crippen LogP contribution in [0.1, 0.15) is 57.7 Å². The monoisotopic (exact) mass is 548 g/mol. The van der Waals surface area contributed by atoms with Gasteiger partial charge in [-0.25, -0.2) is 14.0 Å². The van der Waals surface area contributed by atoms with Crippen LogP contribution in [0.25, 0.3) is 0 Å². The van der Waals surface area contributed by atoms with E-state index in [2.05, 4.69) is 15.6 Å². The van der Waals surface area contributed by atoms with Gasteiger partial charge >= 0.3 is 11.8 Å². The Hall–Kier alpha value is -3.68. The van der Waals surface area contributed by atoms with Crippen molar-refractivity contribution in [2.75, 3.05) is 5.32 Å². The highest BCUT2D eigenvalue weighted by Gasteiger charge is 2.42. The summed E-state index contributed by atoms with van der Waals surface area (Å²) < 4.78 is 26.1. The van der Waals surface area contributed by atoms with Crippen LogP contribution in [0, 0.1) is 5.82 Å². The molecule has 5 atom stereocenters. The van der Waals surface area contributed by atoms with E-state index in [4.69, 9.17) is 9.47 Å². The highest BCUT2D eigenvalue weighted by atomic mass is 19.1. The predicted molar refractivity (Wildman–Crippen MR) is 136 cm³/mol. The Labute approximate surface area is 224 Å². The third kappa shape index (κ3) is 8.40. The molecule has 39 heavy (non-hydrogen) atoms. The molecule has 0 radical (unpaired) electrons. The Kier molecular flexibility index (Phi) is 10.7. The quantitative estimate of drug-likeness (QED) is 0.289. The number of nitrogens with one attached hydrogen (secondary N) is 2. The number of nitrogens with zero attached hydrogens (tertiary/aromatic N) is 2. The van der Waals surface area contributed by atoms with Crippen LogP contribution in [0.4, 0.5) is 15.0 Å². The third-order valence-corrected chi connectivity index (χ3v) is 6.24. The van der Waals surface area contributed by atoms with E-state index in [0.717, 1.165) is 5.56 Å². The first-order valence-electron chi connectivity index (χ1n) is 12.6. The van der Waals surface area contributed by atoms with E-state index in [9.17, 15) is 33.8 Å². The molecular formula is C26H33FN4O8. The smallest absolute Gasteiger partial charge is 0.408 e. The number of aliphatic hydroxyl groups is 2. The van der Waals surface area contributed by atoms with Crippen molar-refractivity contribution in [2.45, 2.75) is 83.1 Å². The predicted octanol–water partition coefficient (Wildman–Crippen LogP) is 1.79. The summed E-state index contributed by atoms with van der Waals surface area (Å²) in [6.07, 6.45) is -2.86. The van der Waals surface area contributed by atoms with Crippen molar-refractivity contribution in [1.29, 1.82) is 0 Å². The van der Waals surface area contributed by atoms with E-state index in [-0.39, 0.29) is 18.8 Å². The van der Waals surface area contributed by atoms with Gasteiger partial charge in [0.05, 0.1) is 12.3 Å².